The van der Waals surface area contributed by atoms with Crippen molar-refractivity contribution < 1.29 is 13.6 Å². The summed E-state index contributed by atoms with van der Waals surface area (Å²) in [5.41, 5.74) is 0.984. The Morgan fingerprint density at radius 2 is 2.00 bits per heavy atom. The second kappa shape index (κ2) is 8.19. The fraction of sp³-hybridized carbons (Fsp3) is 0.211. The zero-order valence-electron chi connectivity index (χ0n) is 14.6. The third-order valence-corrected chi connectivity index (χ3v) is 4.91. The van der Waals surface area contributed by atoms with Crippen LogP contribution in [0.25, 0.3) is 11.5 Å². The fourth-order valence-corrected chi connectivity index (χ4v) is 3.25. The first-order valence-electron chi connectivity index (χ1n) is 8.20. The van der Waals surface area contributed by atoms with E-state index in [9.17, 15) is 9.18 Å². The van der Waals surface area contributed by atoms with Crippen LogP contribution in [0.2, 0.25) is 5.02 Å². The Bertz CT molecular complexity index is 977. The van der Waals surface area contributed by atoms with Crippen LogP contribution >= 0.6 is 27.5 Å². The largest absolute Gasteiger partial charge is 0.419 e. The van der Waals surface area contributed by atoms with E-state index in [1.165, 1.54) is 18.2 Å². The summed E-state index contributed by atoms with van der Waals surface area (Å²) in [6.45, 7) is 3.87. The maximum Gasteiger partial charge on any atom is 0.255 e. The minimum Gasteiger partial charge on any atom is -0.419 e. The Hall–Kier alpha value is -2.25. The SMILES string of the molecule is CC(C)N(Cc1nnc(-c2ccccc2Cl)o1)C(=O)c1ccc(F)cc1Br. The average molecular weight is 453 g/mol. The van der Waals surface area contributed by atoms with Crippen LogP contribution in [0.3, 0.4) is 0 Å². The molecule has 0 aliphatic rings. The van der Waals surface area contributed by atoms with Crippen molar-refractivity contribution in [2.75, 3.05) is 0 Å². The molecule has 0 bridgehead atoms. The molecule has 3 aromatic rings. The molecule has 0 aliphatic carbocycles. The molecular formula is C19H16BrClFN3O2. The molecule has 8 heteroatoms. The second-order valence-corrected chi connectivity index (χ2v) is 7.39. The number of halogens is 3. The Labute approximate surface area is 169 Å². The maximum absolute atomic E-state index is 13.3. The maximum atomic E-state index is 13.3. The van der Waals surface area contributed by atoms with Gasteiger partial charge in [0, 0.05) is 10.5 Å². The van der Waals surface area contributed by atoms with E-state index >= 15 is 0 Å². The van der Waals surface area contributed by atoms with Crippen molar-refractivity contribution in [1.29, 1.82) is 0 Å². The zero-order valence-corrected chi connectivity index (χ0v) is 17.0. The fourth-order valence-electron chi connectivity index (χ4n) is 2.51. The molecule has 0 saturated heterocycles. The van der Waals surface area contributed by atoms with Crippen molar-refractivity contribution in [3.05, 3.63) is 69.2 Å². The van der Waals surface area contributed by atoms with Crippen molar-refractivity contribution in [2.24, 2.45) is 0 Å². The number of carbonyl (C=O) groups is 1. The topological polar surface area (TPSA) is 59.2 Å². The molecule has 1 aromatic heterocycles. The number of hydrogen-bond donors (Lipinski definition) is 0. The summed E-state index contributed by atoms with van der Waals surface area (Å²) in [4.78, 5) is 14.5. The smallest absolute Gasteiger partial charge is 0.255 e. The quantitative estimate of drug-likeness (QED) is 0.524. The first-order valence-corrected chi connectivity index (χ1v) is 9.37. The molecule has 0 saturated carbocycles. The van der Waals surface area contributed by atoms with Gasteiger partial charge >= 0.3 is 0 Å². The van der Waals surface area contributed by atoms with Gasteiger partial charge in [0.2, 0.25) is 11.8 Å². The van der Waals surface area contributed by atoms with E-state index in [2.05, 4.69) is 26.1 Å². The van der Waals surface area contributed by atoms with Crippen LogP contribution in [0.5, 0.6) is 0 Å². The molecule has 5 nitrogen and oxygen atoms in total. The highest BCUT2D eigenvalue weighted by atomic mass is 79.9. The first-order chi connectivity index (χ1) is 12.9. The highest BCUT2D eigenvalue weighted by Crippen LogP contribution is 2.27. The Morgan fingerprint density at radius 1 is 1.26 bits per heavy atom. The lowest BCUT2D eigenvalue weighted by Gasteiger charge is -2.25. The summed E-state index contributed by atoms with van der Waals surface area (Å²) in [5.74, 6) is -0.120. The van der Waals surface area contributed by atoms with E-state index in [0.717, 1.165) is 0 Å². The first kappa shape index (κ1) is 19.5. The normalized spacial score (nSPS) is 11.0. The lowest BCUT2D eigenvalue weighted by atomic mass is 10.1. The molecule has 0 aliphatic heterocycles. The number of aromatic nitrogens is 2. The van der Waals surface area contributed by atoms with Crippen LogP contribution < -0.4 is 0 Å². The summed E-state index contributed by atoms with van der Waals surface area (Å²) in [7, 11) is 0. The number of amides is 1. The molecule has 0 fully saturated rings. The zero-order chi connectivity index (χ0) is 19.6. The minimum absolute atomic E-state index is 0.123. The monoisotopic (exact) mass is 451 g/mol. The molecule has 0 spiro atoms. The summed E-state index contributed by atoms with van der Waals surface area (Å²) in [5, 5.41) is 8.55. The molecule has 0 radical (unpaired) electrons. The predicted octanol–water partition coefficient (Wildman–Crippen LogP) is 5.34. The molecule has 0 atom stereocenters. The van der Waals surface area contributed by atoms with E-state index in [4.69, 9.17) is 16.0 Å². The van der Waals surface area contributed by atoms with E-state index in [1.54, 1.807) is 17.0 Å². The van der Waals surface area contributed by atoms with Gasteiger partial charge in [-0.05, 0) is 60.1 Å². The van der Waals surface area contributed by atoms with Crippen LogP contribution in [0.15, 0.2) is 51.4 Å². The Morgan fingerprint density at radius 3 is 2.67 bits per heavy atom. The molecule has 1 heterocycles. The number of hydrogen-bond acceptors (Lipinski definition) is 4. The number of rotatable bonds is 5. The van der Waals surface area contributed by atoms with Gasteiger partial charge in [0.1, 0.15) is 5.82 Å². The van der Waals surface area contributed by atoms with Gasteiger partial charge in [-0.25, -0.2) is 4.39 Å². The van der Waals surface area contributed by atoms with Crippen molar-refractivity contribution in [3.63, 3.8) is 0 Å². The third kappa shape index (κ3) is 4.36. The van der Waals surface area contributed by atoms with E-state index in [-0.39, 0.29) is 30.3 Å². The van der Waals surface area contributed by atoms with Crippen LogP contribution in [0.1, 0.15) is 30.1 Å². The molecular weight excluding hydrogens is 437 g/mol. The summed E-state index contributed by atoms with van der Waals surface area (Å²) in [6, 6.07) is 11.0. The summed E-state index contributed by atoms with van der Waals surface area (Å²) in [6.07, 6.45) is 0. The lowest BCUT2D eigenvalue weighted by molar-refractivity contribution is 0.0671. The van der Waals surface area contributed by atoms with Crippen LogP contribution in [0.4, 0.5) is 4.39 Å². The van der Waals surface area contributed by atoms with E-state index < -0.39 is 5.82 Å². The average Bonchev–Trinajstić information content (AvgIpc) is 3.08. The Balaban J connectivity index is 1.85. The standard InChI is InChI=1S/C19H16BrClFN3O2/c1-11(2)25(19(26)13-8-7-12(22)9-15(13)20)10-17-23-24-18(27-17)14-5-3-4-6-16(14)21/h3-9,11H,10H2,1-2H3. The molecule has 3 rings (SSSR count). The van der Waals surface area contributed by atoms with Crippen molar-refractivity contribution in [1.82, 2.24) is 15.1 Å². The van der Waals surface area contributed by atoms with Crippen molar-refractivity contribution >= 4 is 33.4 Å². The molecule has 1 amide bonds. The number of carbonyl (C=O) groups excluding carboxylic acids is 1. The van der Waals surface area contributed by atoms with Crippen molar-refractivity contribution in [3.8, 4) is 11.5 Å². The molecule has 140 valence electrons. The highest BCUT2D eigenvalue weighted by molar-refractivity contribution is 9.10. The van der Waals surface area contributed by atoms with Gasteiger partial charge in [-0.1, -0.05) is 23.7 Å². The van der Waals surface area contributed by atoms with Crippen LogP contribution in [-0.4, -0.2) is 27.0 Å². The third-order valence-electron chi connectivity index (χ3n) is 3.92. The predicted molar refractivity (Wildman–Crippen MR) is 104 cm³/mol. The molecule has 2 aromatic carbocycles. The molecule has 0 unspecified atom stereocenters. The van der Waals surface area contributed by atoms with Crippen LogP contribution in [-0.2, 0) is 6.54 Å². The van der Waals surface area contributed by atoms with Gasteiger partial charge in [0.25, 0.3) is 5.91 Å². The van der Waals surface area contributed by atoms with Gasteiger partial charge in [-0.2, -0.15) is 0 Å². The number of nitrogens with zero attached hydrogens (tertiary/aromatic N) is 3. The van der Waals surface area contributed by atoms with E-state index in [1.807, 2.05) is 26.0 Å². The Kier molecular flexibility index (Phi) is 5.92. The van der Waals surface area contributed by atoms with Crippen LogP contribution in [0, 0.1) is 5.82 Å². The lowest BCUT2D eigenvalue weighted by Crippen LogP contribution is -2.36. The number of benzene rings is 2. The molecule has 0 N–H and O–H groups in total. The summed E-state index contributed by atoms with van der Waals surface area (Å²) < 4.78 is 19.4. The van der Waals surface area contributed by atoms with Gasteiger partial charge in [-0.3, -0.25) is 4.79 Å². The van der Waals surface area contributed by atoms with Gasteiger partial charge in [0.05, 0.1) is 22.7 Å². The molecule has 27 heavy (non-hydrogen) atoms. The van der Waals surface area contributed by atoms with Gasteiger partial charge in [0.15, 0.2) is 0 Å². The summed E-state index contributed by atoms with van der Waals surface area (Å²) >= 11 is 9.40. The second-order valence-electron chi connectivity index (χ2n) is 6.13. The van der Waals surface area contributed by atoms with Gasteiger partial charge < -0.3 is 9.32 Å². The van der Waals surface area contributed by atoms with Gasteiger partial charge in [-0.15, -0.1) is 10.2 Å². The van der Waals surface area contributed by atoms with Crippen molar-refractivity contribution in [2.45, 2.75) is 26.4 Å². The minimum atomic E-state index is -0.421. The van der Waals surface area contributed by atoms with E-state index in [0.29, 0.717) is 20.6 Å². The highest BCUT2D eigenvalue weighted by Gasteiger charge is 2.24.